The molecule has 4 heterocycles. The quantitative estimate of drug-likeness (QED) is 0.473. The molecule has 1 saturated heterocycles. The third kappa shape index (κ3) is 4.03. The van der Waals surface area contributed by atoms with Gasteiger partial charge in [0.25, 0.3) is 11.5 Å². The summed E-state index contributed by atoms with van der Waals surface area (Å²) in [4.78, 5) is 31.8. The van der Waals surface area contributed by atoms with Crippen LogP contribution in [0.4, 0.5) is 0 Å². The van der Waals surface area contributed by atoms with Crippen LogP contribution in [0.1, 0.15) is 29.0 Å². The van der Waals surface area contributed by atoms with E-state index in [4.69, 9.17) is 11.6 Å². The van der Waals surface area contributed by atoms with Gasteiger partial charge in [0.1, 0.15) is 17.4 Å². The fourth-order valence-electron chi connectivity index (χ4n) is 4.12. The first kappa shape index (κ1) is 21.4. The van der Waals surface area contributed by atoms with Gasteiger partial charge < -0.3 is 10.0 Å². The fraction of sp³-hybridized carbons (Fsp3) is 0.318. The molecule has 33 heavy (non-hydrogen) atoms. The van der Waals surface area contributed by atoms with Gasteiger partial charge in [0.15, 0.2) is 5.65 Å². The second-order valence-electron chi connectivity index (χ2n) is 8.40. The summed E-state index contributed by atoms with van der Waals surface area (Å²) in [6.45, 7) is 2.67. The number of nitrogens with one attached hydrogen (secondary N) is 1. The van der Waals surface area contributed by atoms with Crippen LogP contribution < -0.4 is 5.56 Å². The van der Waals surface area contributed by atoms with Crippen LogP contribution in [0.2, 0.25) is 5.02 Å². The number of likely N-dealkylation sites (tertiary alicyclic amines) is 1. The Labute approximate surface area is 193 Å². The topological polar surface area (TPSA) is 122 Å². The van der Waals surface area contributed by atoms with Crippen molar-refractivity contribution >= 4 is 28.5 Å². The summed E-state index contributed by atoms with van der Waals surface area (Å²) in [7, 11) is 0. The number of aromatic amines is 1. The predicted octanol–water partition coefficient (Wildman–Crippen LogP) is 1.93. The molecule has 2 N–H and O–H groups in total. The van der Waals surface area contributed by atoms with Gasteiger partial charge in [-0.3, -0.25) is 19.3 Å². The number of hydrogen-bond acceptors (Lipinski definition) is 6. The first-order valence-corrected chi connectivity index (χ1v) is 10.9. The molecule has 0 radical (unpaired) electrons. The van der Waals surface area contributed by atoms with Crippen molar-refractivity contribution in [2.75, 3.05) is 13.1 Å². The molecule has 3 aromatic heterocycles. The lowest BCUT2D eigenvalue weighted by Crippen LogP contribution is -2.49. The Hall–Kier alpha value is -3.50. The zero-order chi connectivity index (χ0) is 23.2. The number of piperidine rings is 1. The van der Waals surface area contributed by atoms with E-state index in [-0.39, 0.29) is 18.0 Å². The van der Waals surface area contributed by atoms with Crippen molar-refractivity contribution in [3.63, 3.8) is 0 Å². The van der Waals surface area contributed by atoms with Gasteiger partial charge in [0.05, 0.1) is 24.0 Å². The van der Waals surface area contributed by atoms with Gasteiger partial charge in [-0.1, -0.05) is 11.6 Å². The second-order valence-corrected chi connectivity index (χ2v) is 8.84. The lowest BCUT2D eigenvalue weighted by molar-refractivity contribution is -0.0300. The SMILES string of the molecule is Cc1cc(C(=O)N2CCC(O)(Cn3cnc4c(cnn4-c4ccc(Cl)cc4)c3=O)CC2)n[nH]1. The fourth-order valence-corrected chi connectivity index (χ4v) is 4.25. The molecule has 1 aliphatic heterocycles. The minimum Gasteiger partial charge on any atom is -0.388 e. The van der Waals surface area contributed by atoms with Crippen LogP contribution >= 0.6 is 11.6 Å². The number of hydrogen-bond donors (Lipinski definition) is 2. The zero-order valence-electron chi connectivity index (χ0n) is 17.9. The number of carbonyl (C=O) groups is 1. The van der Waals surface area contributed by atoms with E-state index in [1.807, 2.05) is 6.92 Å². The lowest BCUT2D eigenvalue weighted by Gasteiger charge is -2.38. The lowest BCUT2D eigenvalue weighted by atomic mass is 9.91. The first-order valence-electron chi connectivity index (χ1n) is 10.6. The van der Waals surface area contributed by atoms with Gasteiger partial charge in [0.2, 0.25) is 0 Å². The summed E-state index contributed by atoms with van der Waals surface area (Å²) in [6.07, 6.45) is 3.60. The number of aromatic nitrogens is 6. The first-order chi connectivity index (χ1) is 15.8. The highest BCUT2D eigenvalue weighted by Crippen LogP contribution is 2.25. The molecule has 0 saturated carbocycles. The normalized spacial score (nSPS) is 15.8. The Morgan fingerprint density at radius 2 is 1.97 bits per heavy atom. The predicted molar refractivity (Wildman–Crippen MR) is 122 cm³/mol. The third-order valence-corrected chi connectivity index (χ3v) is 6.25. The van der Waals surface area contributed by atoms with Gasteiger partial charge in [-0.15, -0.1) is 0 Å². The summed E-state index contributed by atoms with van der Waals surface area (Å²) in [5.74, 6) is -0.170. The Morgan fingerprint density at radius 1 is 1.24 bits per heavy atom. The van der Waals surface area contributed by atoms with E-state index in [0.29, 0.717) is 47.7 Å². The molecule has 1 amide bonds. The summed E-state index contributed by atoms with van der Waals surface area (Å²) in [5.41, 5.74) is 0.945. The zero-order valence-corrected chi connectivity index (χ0v) is 18.7. The maximum Gasteiger partial charge on any atom is 0.274 e. The average molecular weight is 468 g/mol. The molecule has 0 unspecified atom stereocenters. The van der Waals surface area contributed by atoms with Crippen molar-refractivity contribution in [3.8, 4) is 5.69 Å². The molecule has 11 heteroatoms. The van der Waals surface area contributed by atoms with Crippen molar-refractivity contribution in [3.05, 3.63) is 69.6 Å². The molecule has 5 rings (SSSR count). The van der Waals surface area contributed by atoms with Crippen LogP contribution in [0.25, 0.3) is 16.7 Å². The van der Waals surface area contributed by atoms with E-state index in [0.717, 1.165) is 11.4 Å². The molecule has 10 nitrogen and oxygen atoms in total. The van der Waals surface area contributed by atoms with Crippen molar-refractivity contribution in [2.45, 2.75) is 31.9 Å². The number of nitrogens with zero attached hydrogens (tertiary/aromatic N) is 6. The molecule has 1 aromatic carbocycles. The summed E-state index contributed by atoms with van der Waals surface area (Å²) in [5, 5.41) is 23.2. The van der Waals surface area contributed by atoms with Gasteiger partial charge in [-0.05, 0) is 50.1 Å². The molecule has 4 aromatic rings. The Kier molecular flexibility index (Phi) is 5.26. The van der Waals surface area contributed by atoms with E-state index in [1.165, 1.54) is 17.1 Å². The van der Waals surface area contributed by atoms with Crippen LogP contribution in [0.15, 0.2) is 47.7 Å². The molecule has 170 valence electrons. The smallest absolute Gasteiger partial charge is 0.274 e. The van der Waals surface area contributed by atoms with Crippen LogP contribution in [-0.4, -0.2) is 64.1 Å². The maximum absolute atomic E-state index is 13.1. The van der Waals surface area contributed by atoms with Crippen molar-refractivity contribution in [2.24, 2.45) is 0 Å². The minimum absolute atomic E-state index is 0.0877. The number of fused-ring (bicyclic) bond motifs is 1. The molecular formula is C22H22ClN7O3. The van der Waals surface area contributed by atoms with E-state index in [9.17, 15) is 14.7 Å². The second kappa shape index (κ2) is 8.13. The Morgan fingerprint density at radius 3 is 2.64 bits per heavy atom. The van der Waals surface area contributed by atoms with E-state index >= 15 is 0 Å². The Balaban J connectivity index is 1.33. The van der Waals surface area contributed by atoms with Crippen molar-refractivity contribution in [1.29, 1.82) is 0 Å². The monoisotopic (exact) mass is 467 g/mol. The molecule has 0 bridgehead atoms. The van der Waals surface area contributed by atoms with Crippen LogP contribution in [0.3, 0.4) is 0 Å². The standard InChI is InChI=1S/C22H22ClN7O3/c1-14-10-18(27-26-14)21(32)28-8-6-22(33,7-9-28)12-29-13-24-19-17(20(29)31)11-25-30(19)16-4-2-15(23)3-5-16/h2-5,10-11,13,33H,6-9,12H2,1H3,(H,26,27). The molecule has 0 spiro atoms. The van der Waals surface area contributed by atoms with E-state index in [2.05, 4.69) is 20.3 Å². The molecule has 0 aliphatic carbocycles. The summed E-state index contributed by atoms with van der Waals surface area (Å²) >= 11 is 5.95. The van der Waals surface area contributed by atoms with Crippen LogP contribution in [-0.2, 0) is 6.54 Å². The number of aliphatic hydroxyl groups is 1. The highest BCUT2D eigenvalue weighted by molar-refractivity contribution is 6.30. The van der Waals surface area contributed by atoms with Crippen LogP contribution in [0, 0.1) is 6.92 Å². The molecule has 1 aliphatic rings. The van der Waals surface area contributed by atoms with Crippen LogP contribution in [0.5, 0.6) is 0 Å². The van der Waals surface area contributed by atoms with Gasteiger partial charge in [-0.25, -0.2) is 9.67 Å². The maximum atomic E-state index is 13.1. The van der Waals surface area contributed by atoms with Crippen molar-refractivity contribution < 1.29 is 9.90 Å². The number of halogens is 1. The van der Waals surface area contributed by atoms with E-state index < -0.39 is 5.60 Å². The Bertz CT molecular complexity index is 1380. The number of amides is 1. The average Bonchev–Trinajstić information content (AvgIpc) is 3.43. The summed E-state index contributed by atoms with van der Waals surface area (Å²) < 4.78 is 2.98. The van der Waals surface area contributed by atoms with Crippen molar-refractivity contribution in [1.82, 2.24) is 34.4 Å². The number of H-pyrrole nitrogens is 1. The third-order valence-electron chi connectivity index (χ3n) is 6.00. The number of aryl methyl sites for hydroxylation is 1. The number of carbonyl (C=O) groups excluding carboxylic acids is 1. The largest absolute Gasteiger partial charge is 0.388 e. The number of benzene rings is 1. The molecular weight excluding hydrogens is 446 g/mol. The van der Waals surface area contributed by atoms with Gasteiger partial charge in [-0.2, -0.15) is 10.2 Å². The summed E-state index contributed by atoms with van der Waals surface area (Å²) in [6, 6.07) is 8.78. The van der Waals surface area contributed by atoms with Gasteiger partial charge >= 0.3 is 0 Å². The number of rotatable bonds is 4. The van der Waals surface area contributed by atoms with E-state index in [1.54, 1.807) is 39.9 Å². The van der Waals surface area contributed by atoms with Gasteiger partial charge in [0, 0.05) is 23.8 Å². The minimum atomic E-state index is -1.12. The highest BCUT2D eigenvalue weighted by atomic mass is 35.5. The molecule has 0 atom stereocenters. The highest BCUT2D eigenvalue weighted by Gasteiger charge is 2.35. The molecule has 1 fully saturated rings.